The van der Waals surface area contributed by atoms with Crippen molar-refractivity contribution < 1.29 is 0 Å². The zero-order valence-electron chi connectivity index (χ0n) is 13.9. The van der Waals surface area contributed by atoms with Gasteiger partial charge in [-0.3, -0.25) is 14.3 Å². The van der Waals surface area contributed by atoms with Gasteiger partial charge in [0.1, 0.15) is 10.7 Å². The second-order valence-corrected chi connectivity index (χ2v) is 7.15. The Morgan fingerprint density at radius 3 is 2.81 bits per heavy atom. The molecule has 4 nitrogen and oxygen atoms in total. The number of allylic oxidation sites excluding steroid dienone is 1. The third-order valence-corrected chi connectivity index (χ3v) is 5.57. The van der Waals surface area contributed by atoms with Crippen molar-refractivity contribution in [2.75, 3.05) is 0 Å². The van der Waals surface area contributed by atoms with Gasteiger partial charge in [0.2, 0.25) is 0 Å². The van der Waals surface area contributed by atoms with Gasteiger partial charge in [0.25, 0.3) is 5.56 Å². The van der Waals surface area contributed by atoms with Crippen molar-refractivity contribution in [1.82, 2.24) is 14.5 Å². The predicted octanol–water partition coefficient (Wildman–Crippen LogP) is 4.46. The molecule has 0 saturated heterocycles. The van der Waals surface area contributed by atoms with E-state index < -0.39 is 0 Å². The van der Waals surface area contributed by atoms with Crippen molar-refractivity contribution >= 4 is 33.2 Å². The molecule has 0 N–H and O–H groups in total. The van der Waals surface area contributed by atoms with Crippen LogP contribution in [0, 0.1) is 0 Å². The number of aromatic nitrogens is 3. The highest BCUT2D eigenvalue weighted by atomic mass is 32.1. The summed E-state index contributed by atoms with van der Waals surface area (Å²) in [7, 11) is 0. The lowest BCUT2D eigenvalue weighted by Crippen LogP contribution is -2.20. The van der Waals surface area contributed by atoms with Crippen LogP contribution in [0.3, 0.4) is 0 Å². The minimum atomic E-state index is 0.0553. The van der Waals surface area contributed by atoms with Crippen molar-refractivity contribution in [2.24, 2.45) is 0 Å². The summed E-state index contributed by atoms with van der Waals surface area (Å²) in [4.78, 5) is 23.0. The average molecular weight is 357 g/mol. The molecule has 5 rings (SSSR count). The maximum atomic E-state index is 13.2. The van der Waals surface area contributed by atoms with Crippen LogP contribution in [0.25, 0.3) is 33.0 Å². The second kappa shape index (κ2) is 6.04. The van der Waals surface area contributed by atoms with Gasteiger partial charge >= 0.3 is 0 Å². The molecule has 0 fully saturated rings. The molecule has 4 heterocycles. The van der Waals surface area contributed by atoms with E-state index in [0.29, 0.717) is 6.54 Å². The smallest absolute Gasteiger partial charge is 0.263 e. The molecule has 0 unspecified atom stereocenters. The Labute approximate surface area is 154 Å². The molecular weight excluding hydrogens is 342 g/mol. The van der Waals surface area contributed by atoms with Crippen molar-refractivity contribution in [1.29, 1.82) is 0 Å². The highest BCUT2D eigenvalue weighted by Gasteiger charge is 2.23. The van der Waals surface area contributed by atoms with Gasteiger partial charge in [-0.15, -0.1) is 11.3 Å². The lowest BCUT2D eigenvalue weighted by molar-refractivity contribution is 0.726. The molecule has 0 saturated carbocycles. The van der Waals surface area contributed by atoms with Gasteiger partial charge in [-0.05, 0) is 35.3 Å². The molecular formula is C21H15N3OS. The van der Waals surface area contributed by atoms with Gasteiger partial charge in [0.15, 0.2) is 0 Å². The second-order valence-electron chi connectivity index (χ2n) is 6.29. The summed E-state index contributed by atoms with van der Waals surface area (Å²) in [5.41, 5.74) is 4.21. The Kier molecular flexibility index (Phi) is 3.53. The molecule has 1 aromatic carbocycles. The molecule has 0 radical (unpaired) electrons. The molecule has 3 aromatic heterocycles. The fourth-order valence-electron chi connectivity index (χ4n) is 3.45. The van der Waals surface area contributed by atoms with Gasteiger partial charge in [-0.25, -0.2) is 4.98 Å². The zero-order chi connectivity index (χ0) is 17.5. The van der Waals surface area contributed by atoms with Crippen LogP contribution in [-0.2, 0) is 6.54 Å². The lowest BCUT2D eigenvalue weighted by atomic mass is 10.1. The van der Waals surface area contributed by atoms with E-state index in [1.54, 1.807) is 6.20 Å². The molecule has 5 heteroatoms. The number of pyridine rings is 1. The summed E-state index contributed by atoms with van der Waals surface area (Å²) in [5.74, 6) is 0.785. The van der Waals surface area contributed by atoms with E-state index in [1.165, 1.54) is 11.3 Å². The molecule has 4 aromatic rings. The van der Waals surface area contributed by atoms with Crippen LogP contribution in [0.2, 0.25) is 0 Å². The number of thiophene rings is 1. The van der Waals surface area contributed by atoms with Gasteiger partial charge in [-0.1, -0.05) is 36.4 Å². The Morgan fingerprint density at radius 1 is 1.12 bits per heavy atom. The summed E-state index contributed by atoms with van der Waals surface area (Å²) in [6.45, 7) is 0.674. The molecule has 0 atom stereocenters. The van der Waals surface area contributed by atoms with Crippen LogP contribution < -0.4 is 5.56 Å². The molecule has 0 amide bonds. The van der Waals surface area contributed by atoms with Crippen LogP contribution in [0.5, 0.6) is 0 Å². The van der Waals surface area contributed by atoms with E-state index in [4.69, 9.17) is 4.98 Å². The van der Waals surface area contributed by atoms with Gasteiger partial charge in [-0.2, -0.15) is 0 Å². The fraction of sp³-hybridized carbons (Fsp3) is 0.0952. The summed E-state index contributed by atoms with van der Waals surface area (Å²) in [6, 6.07) is 14.0. The van der Waals surface area contributed by atoms with E-state index in [9.17, 15) is 4.79 Å². The van der Waals surface area contributed by atoms with Crippen molar-refractivity contribution in [2.45, 2.75) is 13.0 Å². The van der Waals surface area contributed by atoms with Gasteiger partial charge in [0, 0.05) is 29.9 Å². The highest BCUT2D eigenvalue weighted by molar-refractivity contribution is 7.17. The first-order valence-electron chi connectivity index (χ1n) is 8.50. The third-order valence-electron chi connectivity index (χ3n) is 4.70. The summed E-state index contributed by atoms with van der Waals surface area (Å²) in [5, 5.41) is 2.77. The van der Waals surface area contributed by atoms with Crippen molar-refractivity contribution in [3.8, 4) is 11.1 Å². The minimum absolute atomic E-state index is 0.0553. The van der Waals surface area contributed by atoms with E-state index in [1.807, 2.05) is 58.6 Å². The number of hydrogen-bond donors (Lipinski definition) is 0. The normalized spacial score (nSPS) is 14.8. The number of hydrogen-bond acceptors (Lipinski definition) is 4. The number of rotatable bonds is 2. The monoisotopic (exact) mass is 357 g/mol. The Bertz CT molecular complexity index is 1190. The van der Waals surface area contributed by atoms with E-state index in [-0.39, 0.29) is 5.56 Å². The SMILES string of the molecule is O=c1c2c(-c3ccccc3)csc2nc2n1CC/C2=C/c1cccnc1. The van der Waals surface area contributed by atoms with E-state index >= 15 is 0 Å². The third kappa shape index (κ3) is 2.40. The topological polar surface area (TPSA) is 47.8 Å². The van der Waals surface area contributed by atoms with Crippen LogP contribution in [0.4, 0.5) is 0 Å². The lowest BCUT2D eigenvalue weighted by Gasteiger charge is -2.05. The first-order chi connectivity index (χ1) is 12.8. The van der Waals surface area contributed by atoms with Gasteiger partial charge < -0.3 is 0 Å². The zero-order valence-corrected chi connectivity index (χ0v) is 14.7. The quantitative estimate of drug-likeness (QED) is 0.532. The Balaban J connectivity index is 1.69. The molecule has 26 heavy (non-hydrogen) atoms. The maximum absolute atomic E-state index is 13.2. The largest absolute Gasteiger partial charge is 0.292 e. The van der Waals surface area contributed by atoms with Crippen molar-refractivity contribution in [3.05, 3.63) is 82.0 Å². The van der Waals surface area contributed by atoms with E-state index in [2.05, 4.69) is 11.1 Å². The van der Waals surface area contributed by atoms with E-state index in [0.717, 1.165) is 44.7 Å². The molecule has 1 aliphatic rings. The molecule has 1 aliphatic heterocycles. The average Bonchev–Trinajstić information content (AvgIpc) is 3.29. The first-order valence-corrected chi connectivity index (χ1v) is 9.37. The number of nitrogens with zero attached hydrogens (tertiary/aromatic N) is 3. The molecule has 0 spiro atoms. The fourth-order valence-corrected chi connectivity index (χ4v) is 4.39. The van der Waals surface area contributed by atoms with Crippen LogP contribution in [-0.4, -0.2) is 14.5 Å². The summed E-state index contributed by atoms with van der Waals surface area (Å²) >= 11 is 1.53. The van der Waals surface area contributed by atoms with Crippen LogP contribution in [0.15, 0.2) is 65.0 Å². The highest BCUT2D eigenvalue weighted by Crippen LogP contribution is 2.34. The number of fused-ring (bicyclic) bond motifs is 2. The van der Waals surface area contributed by atoms with Crippen LogP contribution in [0.1, 0.15) is 17.8 Å². The maximum Gasteiger partial charge on any atom is 0.263 e. The summed E-state index contributed by atoms with van der Waals surface area (Å²) < 4.78 is 1.81. The standard InChI is InChI=1S/C21H15N3OS/c25-21-18-17(15-6-2-1-3-7-15)13-26-20(18)23-19-16(8-10-24(19)21)11-14-5-4-9-22-12-14/h1-7,9,11-13H,8,10H2/b16-11-. The van der Waals surface area contributed by atoms with Crippen molar-refractivity contribution in [3.63, 3.8) is 0 Å². The Hall–Kier alpha value is -3.05. The van der Waals surface area contributed by atoms with Crippen LogP contribution >= 0.6 is 11.3 Å². The molecule has 0 aliphatic carbocycles. The molecule has 126 valence electrons. The minimum Gasteiger partial charge on any atom is -0.292 e. The number of benzene rings is 1. The first kappa shape index (κ1) is 15.2. The Morgan fingerprint density at radius 2 is 2.00 bits per heavy atom. The molecule has 0 bridgehead atoms. The predicted molar refractivity (Wildman–Crippen MR) is 106 cm³/mol. The van der Waals surface area contributed by atoms with Gasteiger partial charge in [0.05, 0.1) is 5.39 Å². The summed E-state index contributed by atoms with van der Waals surface area (Å²) in [6.07, 6.45) is 6.48.